The molecule has 0 aliphatic carbocycles. The molecule has 0 radical (unpaired) electrons. The topological polar surface area (TPSA) is 96.0 Å². The van der Waals surface area contributed by atoms with Crippen LogP contribution in [-0.2, 0) is 32.6 Å². The van der Waals surface area contributed by atoms with Gasteiger partial charge in [0.25, 0.3) is 0 Å². The van der Waals surface area contributed by atoms with Crippen LogP contribution in [0, 0.1) is 5.82 Å². The molecule has 0 aliphatic heterocycles. The summed E-state index contributed by atoms with van der Waals surface area (Å²) >= 11 is 0. The fourth-order valence-corrected chi connectivity index (χ4v) is 4.90. The molecule has 8 nitrogen and oxygen atoms in total. The number of rotatable bonds is 12. The molecule has 10 heteroatoms. The third-order valence-corrected chi connectivity index (χ3v) is 7.02. The van der Waals surface area contributed by atoms with Gasteiger partial charge in [-0.15, -0.1) is 0 Å². The number of para-hydroxylation sites is 2. The Morgan fingerprint density at radius 3 is 2.18 bits per heavy atom. The van der Waals surface area contributed by atoms with Gasteiger partial charge in [0.1, 0.15) is 24.2 Å². The minimum absolute atomic E-state index is 0.0330. The maximum Gasteiger partial charge on any atom is 0.244 e. The zero-order valence-electron chi connectivity index (χ0n) is 21.6. The zero-order chi connectivity index (χ0) is 27.7. The summed E-state index contributed by atoms with van der Waals surface area (Å²) < 4.78 is 45.9. The number of hydrogen-bond acceptors (Lipinski definition) is 5. The number of nitrogens with one attached hydrogen (secondary N) is 1. The molecular weight excluding hydrogens is 509 g/mol. The van der Waals surface area contributed by atoms with Crippen molar-refractivity contribution < 1.29 is 27.1 Å². The number of halogens is 1. The molecule has 3 aromatic carbocycles. The molecule has 1 N–H and O–H groups in total. The molecule has 0 unspecified atom stereocenters. The van der Waals surface area contributed by atoms with E-state index in [0.29, 0.717) is 17.9 Å². The third-order valence-electron chi connectivity index (χ3n) is 5.90. The third kappa shape index (κ3) is 7.55. The Kier molecular flexibility index (Phi) is 9.84. The molecule has 2 amide bonds. The molecule has 38 heavy (non-hydrogen) atoms. The lowest BCUT2D eigenvalue weighted by Gasteiger charge is -2.33. The van der Waals surface area contributed by atoms with E-state index in [1.807, 2.05) is 30.3 Å². The average molecular weight is 542 g/mol. The summed E-state index contributed by atoms with van der Waals surface area (Å²) in [4.78, 5) is 28.3. The summed E-state index contributed by atoms with van der Waals surface area (Å²) in [5, 5.41) is 2.61. The minimum Gasteiger partial charge on any atom is -0.492 e. The lowest BCUT2D eigenvalue weighted by atomic mass is 10.0. The summed E-state index contributed by atoms with van der Waals surface area (Å²) in [6.07, 6.45) is 1.20. The Hall–Kier alpha value is -3.92. The Labute approximate surface area is 223 Å². The number of carbonyl (C=O) groups excluding carboxylic acids is 2. The van der Waals surface area contributed by atoms with E-state index in [9.17, 15) is 22.4 Å². The van der Waals surface area contributed by atoms with E-state index in [4.69, 9.17) is 4.74 Å². The molecule has 0 bridgehead atoms. The zero-order valence-corrected chi connectivity index (χ0v) is 22.4. The number of nitrogens with zero attached hydrogens (tertiary/aromatic N) is 2. The fraction of sp³-hybridized carbons (Fsp3) is 0.286. The Morgan fingerprint density at radius 2 is 1.58 bits per heavy atom. The number of hydrogen-bond donors (Lipinski definition) is 1. The summed E-state index contributed by atoms with van der Waals surface area (Å²) in [6, 6.07) is 20.4. The summed E-state index contributed by atoms with van der Waals surface area (Å²) in [5.41, 5.74) is 1.62. The molecule has 1 atom stereocenters. The quantitative estimate of drug-likeness (QED) is 0.379. The van der Waals surface area contributed by atoms with Crippen LogP contribution in [-0.4, -0.2) is 57.6 Å². The normalized spacial score (nSPS) is 11.9. The predicted octanol–water partition coefficient (Wildman–Crippen LogP) is 3.38. The highest BCUT2D eigenvalue weighted by Crippen LogP contribution is 2.30. The van der Waals surface area contributed by atoms with E-state index in [-0.39, 0.29) is 18.7 Å². The van der Waals surface area contributed by atoms with Crippen molar-refractivity contribution in [2.45, 2.75) is 25.9 Å². The monoisotopic (exact) mass is 541 g/mol. The number of carbonyl (C=O) groups is 2. The molecule has 0 saturated carbocycles. The highest BCUT2D eigenvalue weighted by Gasteiger charge is 2.33. The number of likely N-dealkylation sites (N-methyl/N-ethyl adjacent to an activating group) is 1. The van der Waals surface area contributed by atoms with Crippen LogP contribution in [0.2, 0.25) is 0 Å². The Balaban J connectivity index is 2.04. The van der Waals surface area contributed by atoms with E-state index >= 15 is 0 Å². The van der Waals surface area contributed by atoms with Gasteiger partial charge in [-0.2, -0.15) is 0 Å². The van der Waals surface area contributed by atoms with Gasteiger partial charge in [0.15, 0.2) is 0 Å². The molecule has 3 rings (SSSR count). The smallest absolute Gasteiger partial charge is 0.244 e. The second-order valence-electron chi connectivity index (χ2n) is 8.64. The lowest BCUT2D eigenvalue weighted by Crippen LogP contribution is -2.52. The van der Waals surface area contributed by atoms with Crippen molar-refractivity contribution in [3.05, 3.63) is 95.8 Å². The van der Waals surface area contributed by atoms with Crippen molar-refractivity contribution in [2.24, 2.45) is 0 Å². The largest absolute Gasteiger partial charge is 0.492 e. The summed E-state index contributed by atoms with van der Waals surface area (Å²) in [6.45, 7) is 1.48. The van der Waals surface area contributed by atoms with Gasteiger partial charge in [0, 0.05) is 20.0 Å². The van der Waals surface area contributed by atoms with E-state index in [2.05, 4.69) is 5.32 Å². The van der Waals surface area contributed by atoms with Crippen LogP contribution in [0.4, 0.5) is 10.1 Å². The van der Waals surface area contributed by atoms with E-state index < -0.39 is 40.2 Å². The molecule has 0 heterocycles. The lowest BCUT2D eigenvalue weighted by molar-refractivity contribution is -0.139. The van der Waals surface area contributed by atoms with Gasteiger partial charge in [-0.25, -0.2) is 12.8 Å². The molecule has 202 valence electrons. The van der Waals surface area contributed by atoms with Crippen molar-refractivity contribution in [3.63, 3.8) is 0 Å². The molecule has 0 aromatic heterocycles. The van der Waals surface area contributed by atoms with Crippen molar-refractivity contribution >= 4 is 27.5 Å². The van der Waals surface area contributed by atoms with Gasteiger partial charge in [0.2, 0.25) is 21.8 Å². The second-order valence-corrected chi connectivity index (χ2v) is 10.5. The first-order valence-corrected chi connectivity index (χ1v) is 14.0. The molecule has 3 aromatic rings. The molecule has 0 saturated heterocycles. The van der Waals surface area contributed by atoms with Gasteiger partial charge in [-0.1, -0.05) is 54.6 Å². The van der Waals surface area contributed by atoms with Gasteiger partial charge in [-0.3, -0.25) is 13.9 Å². The first-order chi connectivity index (χ1) is 18.1. The highest BCUT2D eigenvalue weighted by atomic mass is 32.2. The van der Waals surface area contributed by atoms with Crippen LogP contribution in [0.25, 0.3) is 0 Å². The van der Waals surface area contributed by atoms with Crippen LogP contribution in [0.5, 0.6) is 5.75 Å². The van der Waals surface area contributed by atoms with E-state index in [1.54, 1.807) is 31.2 Å². The number of amides is 2. The number of benzene rings is 3. The van der Waals surface area contributed by atoms with Gasteiger partial charge in [-0.05, 0) is 42.3 Å². The van der Waals surface area contributed by atoms with Crippen LogP contribution in [0.15, 0.2) is 78.9 Å². The molecule has 0 fully saturated rings. The molecule has 0 aliphatic rings. The maximum atomic E-state index is 13.9. The van der Waals surface area contributed by atoms with Gasteiger partial charge < -0.3 is 15.0 Å². The number of anilines is 1. The van der Waals surface area contributed by atoms with Crippen LogP contribution >= 0.6 is 0 Å². The van der Waals surface area contributed by atoms with Crippen molar-refractivity contribution in [1.82, 2.24) is 10.2 Å². The average Bonchev–Trinajstić information content (AvgIpc) is 2.90. The Morgan fingerprint density at radius 1 is 0.947 bits per heavy atom. The first-order valence-electron chi connectivity index (χ1n) is 12.1. The van der Waals surface area contributed by atoms with Crippen molar-refractivity contribution in [1.29, 1.82) is 0 Å². The molecule has 0 spiro atoms. The summed E-state index contributed by atoms with van der Waals surface area (Å²) in [7, 11) is -2.45. The number of sulfonamides is 1. The maximum absolute atomic E-state index is 13.9. The minimum atomic E-state index is -3.92. The van der Waals surface area contributed by atoms with E-state index in [1.165, 1.54) is 36.2 Å². The van der Waals surface area contributed by atoms with Gasteiger partial charge >= 0.3 is 0 Å². The SMILES string of the molecule is CCOc1ccccc1N(CC(=O)N(Cc1ccc(F)cc1)[C@@H](Cc1ccccc1)C(=O)NC)S(C)(=O)=O. The summed E-state index contributed by atoms with van der Waals surface area (Å²) in [5.74, 6) is -1.14. The first kappa shape index (κ1) is 28.6. The molecular formula is C28H32FN3O5S. The fourth-order valence-electron chi connectivity index (χ4n) is 4.04. The Bertz CT molecular complexity index is 1330. The highest BCUT2D eigenvalue weighted by molar-refractivity contribution is 7.92. The van der Waals surface area contributed by atoms with Crippen molar-refractivity contribution in [2.75, 3.05) is 30.8 Å². The van der Waals surface area contributed by atoms with Crippen LogP contribution < -0.4 is 14.4 Å². The van der Waals surface area contributed by atoms with Crippen LogP contribution in [0.1, 0.15) is 18.1 Å². The van der Waals surface area contributed by atoms with Crippen LogP contribution in [0.3, 0.4) is 0 Å². The van der Waals surface area contributed by atoms with Crippen molar-refractivity contribution in [3.8, 4) is 5.75 Å². The predicted molar refractivity (Wildman–Crippen MR) is 145 cm³/mol. The standard InChI is InChI=1S/C28H32FN3O5S/c1-4-37-26-13-9-8-12-24(26)32(38(3,35)36)20-27(33)31(19-22-14-16-23(29)17-15-22)25(28(34)30-2)18-21-10-6-5-7-11-21/h5-17,25H,4,18-20H2,1-3H3,(H,30,34)/t25-/m0/s1. The number of ether oxygens (including phenoxy) is 1. The van der Waals surface area contributed by atoms with E-state index in [0.717, 1.165) is 16.1 Å². The second kappa shape index (κ2) is 13.0. The van der Waals surface area contributed by atoms with Gasteiger partial charge in [0.05, 0.1) is 18.6 Å².